The summed E-state index contributed by atoms with van der Waals surface area (Å²) >= 11 is 0. The Morgan fingerprint density at radius 2 is 0.376 bits per heavy atom. The van der Waals surface area contributed by atoms with E-state index in [1.807, 2.05) is 253 Å². The topological polar surface area (TPSA) is 197 Å². The number of aliphatic hydroxyl groups excluding tert-OH is 3. The minimum Gasteiger partial charge on any atom is -0.491 e. The number of aryl methyl sites for hydroxylation is 8. The third kappa shape index (κ3) is 98.3. The van der Waals surface area contributed by atoms with E-state index in [4.69, 9.17) is 61.6 Å². The SMILES string of the molecule is C.C.C.C.C.C.CC.CC.CCC.CCC.CCC.CCC.CCC.CCC.Cc1ccccc1OCC(O)CCC(F)(F)F.Cc1ccccc1OCC(O)CCC(F)(F)F.Cc1ccccc1OCC(O)CCF.Cc1ccccc1OCC1CO1.Cc1ccccc1OCC1CO1.Cc1ccccc1OCC1CO1.Cc1ccccc1OCC1CO1.Cc1ccccc1OCC1CO1.FC(F)(F)F. The number of para-hydroxylation sites is 8. The normalized spacial score (nSPS) is 14.5. The average molecular weight is 2020 g/mol. The first kappa shape index (κ1) is 152. The minimum atomic E-state index is -5.50. The number of hydrogen-bond acceptors (Lipinski definition) is 16. The van der Waals surface area contributed by atoms with Crippen LogP contribution < -0.4 is 37.9 Å². The Labute approximate surface area is 847 Å². The molecule has 5 aliphatic heterocycles. The summed E-state index contributed by atoms with van der Waals surface area (Å²) in [6.07, 6.45) is -10.2. The van der Waals surface area contributed by atoms with Gasteiger partial charge in [-0.05, 0) is 161 Å². The first-order chi connectivity index (χ1) is 64.3. The van der Waals surface area contributed by atoms with Gasteiger partial charge in [-0.3, -0.25) is 4.39 Å². The molecule has 8 atom stereocenters. The van der Waals surface area contributed by atoms with Crippen molar-refractivity contribution in [1.29, 1.82) is 0 Å². The van der Waals surface area contributed by atoms with Crippen molar-refractivity contribution in [1.82, 2.24) is 0 Å². The molecule has 5 fully saturated rings. The summed E-state index contributed by atoms with van der Waals surface area (Å²) in [5, 5.41) is 27.9. The lowest BCUT2D eigenvalue weighted by Gasteiger charge is -2.14. The van der Waals surface area contributed by atoms with Crippen LogP contribution in [0.2, 0.25) is 0 Å². The lowest BCUT2D eigenvalue weighted by molar-refractivity contribution is -0.237. The quantitative estimate of drug-likeness (QED) is 0.0284. The van der Waals surface area contributed by atoms with E-state index in [0.717, 1.165) is 84.2 Å². The molecule has 5 heterocycles. The molecule has 5 saturated heterocycles. The molecule has 16 nitrogen and oxygen atoms in total. The van der Waals surface area contributed by atoms with Crippen LogP contribution in [0.4, 0.5) is 48.3 Å². The largest absolute Gasteiger partial charge is 0.559 e. The molecule has 0 spiro atoms. The van der Waals surface area contributed by atoms with Gasteiger partial charge in [-0.1, -0.05) is 339 Å². The average Bonchev–Trinajstić information content (AvgIpc) is 1.82. The van der Waals surface area contributed by atoms with Crippen molar-refractivity contribution in [2.75, 3.05) is 92.6 Å². The summed E-state index contributed by atoms with van der Waals surface area (Å²) in [6.45, 7) is 56.4. The third-order valence-corrected chi connectivity index (χ3v) is 16.1. The van der Waals surface area contributed by atoms with Crippen molar-refractivity contribution in [3.05, 3.63) is 239 Å². The Hall–Kier alpha value is -8.93. The second-order valence-electron chi connectivity index (χ2n) is 30.8. The predicted octanol–water partition coefficient (Wildman–Crippen LogP) is 33.0. The van der Waals surface area contributed by atoms with Crippen molar-refractivity contribution < 1.29 is 125 Å². The van der Waals surface area contributed by atoms with Crippen LogP contribution in [0.15, 0.2) is 194 Å². The zero-order valence-corrected chi connectivity index (χ0v) is 85.1. The lowest BCUT2D eigenvalue weighted by atomic mass is 10.2. The Kier molecular flexibility index (Phi) is 105. The zero-order chi connectivity index (χ0) is 103. The number of alkyl halides is 11. The van der Waals surface area contributed by atoms with Crippen LogP contribution in [0.3, 0.4) is 0 Å². The Morgan fingerprint density at radius 3 is 0.489 bits per heavy atom. The Morgan fingerprint density at radius 1 is 0.255 bits per heavy atom. The highest BCUT2D eigenvalue weighted by Gasteiger charge is 2.31. The van der Waals surface area contributed by atoms with Gasteiger partial charge in [0.05, 0.1) is 58.0 Å². The van der Waals surface area contributed by atoms with Crippen LogP contribution in [-0.4, -0.2) is 175 Å². The molecule has 8 unspecified atom stereocenters. The highest BCUT2D eigenvalue weighted by Crippen LogP contribution is 2.28. The van der Waals surface area contributed by atoms with E-state index in [0.29, 0.717) is 75.1 Å². The van der Waals surface area contributed by atoms with E-state index in [1.165, 1.54) is 66.3 Å². The maximum Gasteiger partial charge on any atom is 0.559 e. The van der Waals surface area contributed by atoms with Gasteiger partial charge in [0.1, 0.15) is 129 Å². The molecule has 0 amide bonds. The van der Waals surface area contributed by atoms with Gasteiger partial charge in [-0.15, -0.1) is 17.6 Å². The molecule has 3 N–H and O–H groups in total. The highest BCUT2D eigenvalue weighted by molar-refractivity contribution is 5.37. The molecule has 27 heteroatoms. The fourth-order valence-corrected chi connectivity index (χ4v) is 9.08. The standard InChI is InChI=1S/2C12H15F3O2.C11H15FO2.5C10H12O2.6C3H8.2C2H6.CF4.6CH4/c2*1-9-4-2-3-5-11(9)17-8-10(16)6-7-12(13,14)15;1-9-4-2-3-5-11(9)14-8-10(13)6-7-12;5*1-8-4-2-3-5-10(8)12-7-9-6-11-9;6*1-3-2;2*1-2;2-1(3,4)5;;;;;;/h2*2-5,10,16H,6-8H2,1H3;2-5,10,13H,6-8H2,1H3;5*2-5,9H,6-7H2,1H3;6*3H2,1-2H3;2*1-2H3;;6*1H4. The molecule has 8 aromatic carbocycles. The van der Waals surface area contributed by atoms with Crippen molar-refractivity contribution >= 4 is 0 Å². The number of ether oxygens (including phenoxy) is 13. The number of rotatable bonds is 30. The molecule has 141 heavy (non-hydrogen) atoms. The van der Waals surface area contributed by atoms with E-state index >= 15 is 0 Å². The first-order valence-electron chi connectivity index (χ1n) is 47.3. The molecule has 0 saturated carbocycles. The lowest BCUT2D eigenvalue weighted by Crippen LogP contribution is -2.21. The fraction of sp³-hybridized carbons (Fsp3) is 0.579. The van der Waals surface area contributed by atoms with E-state index in [-0.39, 0.29) is 83.6 Å². The molecule has 0 bridgehead atoms. The van der Waals surface area contributed by atoms with Gasteiger partial charge in [0.25, 0.3) is 0 Å². The van der Waals surface area contributed by atoms with E-state index in [9.17, 15) is 63.6 Å². The third-order valence-electron chi connectivity index (χ3n) is 16.1. The molecule has 0 aliphatic carbocycles. The van der Waals surface area contributed by atoms with Gasteiger partial charge in [-0.2, -0.15) is 26.3 Å². The Balaban J connectivity index is -0.000000167. The second-order valence-corrected chi connectivity index (χ2v) is 30.8. The van der Waals surface area contributed by atoms with Crippen LogP contribution in [0.25, 0.3) is 0 Å². The van der Waals surface area contributed by atoms with E-state index in [2.05, 4.69) is 83.1 Å². The number of aliphatic hydroxyl groups is 3. The maximum atomic E-state index is 11.9. The molecular weight excluding hydrogens is 1830 g/mol. The van der Waals surface area contributed by atoms with Crippen molar-refractivity contribution in [2.45, 2.75) is 349 Å². The Bertz CT molecular complexity index is 3580. The molecule has 818 valence electrons. The molecule has 13 rings (SSSR count). The number of hydrogen-bond donors (Lipinski definition) is 3. The van der Waals surface area contributed by atoms with E-state index < -0.39 is 56.6 Å². The number of epoxide rings is 5. The fourth-order valence-electron chi connectivity index (χ4n) is 9.08. The van der Waals surface area contributed by atoms with Crippen LogP contribution >= 0.6 is 0 Å². The van der Waals surface area contributed by atoms with Gasteiger partial charge in [-0.25, -0.2) is 0 Å². The summed E-state index contributed by atoms with van der Waals surface area (Å²) in [7, 11) is 0. The summed E-state index contributed by atoms with van der Waals surface area (Å²) in [6, 6.07) is 61.9. The van der Waals surface area contributed by atoms with Crippen molar-refractivity contribution in [3.63, 3.8) is 0 Å². The van der Waals surface area contributed by atoms with Crippen LogP contribution in [0.1, 0.15) is 270 Å². The van der Waals surface area contributed by atoms with Crippen LogP contribution in [-0.2, 0) is 23.7 Å². The van der Waals surface area contributed by atoms with Gasteiger partial charge < -0.3 is 76.9 Å². The smallest absolute Gasteiger partial charge is 0.491 e. The summed E-state index contributed by atoms with van der Waals surface area (Å²) in [5.41, 5.74) is 8.68. The number of benzene rings is 8. The predicted molar refractivity (Wildman–Crippen MR) is 567 cm³/mol. The van der Waals surface area contributed by atoms with Gasteiger partial charge >= 0.3 is 18.8 Å². The summed E-state index contributed by atoms with van der Waals surface area (Å²) < 4.78 is 191. The second kappa shape index (κ2) is 97.2. The molecule has 0 aromatic heterocycles. The maximum absolute atomic E-state index is 11.9. The van der Waals surface area contributed by atoms with Crippen molar-refractivity contribution in [2.24, 2.45) is 0 Å². The summed E-state index contributed by atoms with van der Waals surface area (Å²) in [5.74, 6) is 6.73. The molecule has 5 aliphatic rings. The van der Waals surface area contributed by atoms with E-state index in [1.54, 1.807) is 24.3 Å². The van der Waals surface area contributed by atoms with Gasteiger partial charge in [0.15, 0.2) is 0 Å². The zero-order valence-electron chi connectivity index (χ0n) is 85.1. The molecular formula is C114H189F11O16. The van der Waals surface area contributed by atoms with Crippen LogP contribution in [0, 0.1) is 55.4 Å². The number of halogens is 11. The minimum absolute atomic E-state index is 0. The molecule has 0 radical (unpaired) electrons. The van der Waals surface area contributed by atoms with Crippen LogP contribution in [0.5, 0.6) is 46.0 Å². The first-order valence-corrected chi connectivity index (χ1v) is 47.3. The van der Waals surface area contributed by atoms with Crippen molar-refractivity contribution in [3.8, 4) is 46.0 Å². The summed E-state index contributed by atoms with van der Waals surface area (Å²) in [4.78, 5) is 0. The van der Waals surface area contributed by atoms with Gasteiger partial charge in [0.2, 0.25) is 0 Å². The molecule has 8 aromatic rings. The monoisotopic (exact) mass is 2020 g/mol. The highest BCUT2D eigenvalue weighted by atomic mass is 19.5. The van der Waals surface area contributed by atoms with Gasteiger partial charge in [0, 0.05) is 19.3 Å².